The minimum atomic E-state index is -4.65. The van der Waals surface area contributed by atoms with Crippen molar-refractivity contribution in [2.75, 3.05) is 14.7 Å². The lowest BCUT2D eigenvalue weighted by molar-refractivity contribution is -0.173. The van der Waals surface area contributed by atoms with Crippen molar-refractivity contribution in [1.29, 1.82) is 0 Å². The van der Waals surface area contributed by atoms with Gasteiger partial charge in [-0.1, -0.05) is 308 Å². The molecular weight excluding hydrogens is 1560 g/mol. The van der Waals surface area contributed by atoms with E-state index in [4.69, 9.17) is 0 Å². The minimum Gasteiger partial charge on any atom is -0.310 e. The molecule has 3 nitrogen and oxygen atoms in total. The van der Waals surface area contributed by atoms with Gasteiger partial charge in [0.2, 0.25) is 0 Å². The molecule has 117 heavy (non-hydrogen) atoms. The number of benzene rings is 13. The van der Waals surface area contributed by atoms with Gasteiger partial charge in [0, 0.05) is 56.0 Å². The van der Waals surface area contributed by atoms with Crippen molar-refractivity contribution in [3.8, 4) is 11.1 Å². The average Bonchev–Trinajstić information content (AvgIpc) is 1.56. The molecule has 13 heteroatoms. The molecular formula is C104H115F3N3P7. The predicted molar refractivity (Wildman–Crippen MR) is 524 cm³/mol. The SMILES string of the molecule is C=Cc1cccc(N(c2ccc(CC)cc2)c2ccc(CCc3ccc(N(c4ccc(C(C)(c5ccc(N(c6ccc(CCc7ccc8c(c7)C(CC(CC)CCCC)(CC(CC)CCCC)c7cc(CC)ccc7-8)cc6)c6cccc7ccccc67)cc5)C(F)(F)F)cc4)c4cccc5ccccc45)cc3)cc2)c1.PPP(P)P(P)P. The minimum absolute atomic E-state index is 0.0273. The zero-order valence-corrected chi connectivity index (χ0v) is 76.6. The number of hydrogen-bond donors (Lipinski definition) is 0. The summed E-state index contributed by atoms with van der Waals surface area (Å²) in [7, 11) is 12.4. The number of hydrogen-bond acceptors (Lipinski definition) is 3. The van der Waals surface area contributed by atoms with E-state index in [9.17, 15) is 0 Å². The van der Waals surface area contributed by atoms with Crippen molar-refractivity contribution in [2.45, 2.75) is 168 Å². The first-order valence-corrected chi connectivity index (χ1v) is 54.0. The van der Waals surface area contributed by atoms with Crippen LogP contribution in [0.1, 0.15) is 174 Å². The van der Waals surface area contributed by atoms with Crippen LogP contribution in [-0.2, 0) is 49.4 Å². The van der Waals surface area contributed by atoms with Crippen LogP contribution in [0, 0.1) is 11.8 Å². The molecule has 1 aliphatic rings. The largest absolute Gasteiger partial charge is 0.402 e. The highest BCUT2D eigenvalue weighted by Crippen LogP contribution is 2.92. The van der Waals surface area contributed by atoms with Gasteiger partial charge < -0.3 is 14.7 Å². The van der Waals surface area contributed by atoms with Crippen LogP contribution in [0.4, 0.5) is 64.4 Å². The molecule has 9 atom stereocenters. The van der Waals surface area contributed by atoms with E-state index >= 15 is 13.2 Å². The second kappa shape index (κ2) is 40.6. The molecule has 0 amide bonds. The standard InChI is InChI=1S/C104H106F3N3.H9P7/c1-9-16-25-77(14-6)72-103(73-78(15-7)26-17-10-2)98-70-76(13-5)49-67-96(98)97-68-50-82(71-99(97)103)40-39-81-47-61-90(62-48-81)110(101-36-24-31-84-29-19-21-34-95(84)101)92-65-53-86(54-66-92)102(8,104(105,106)107)85-51-63-91(64-52-85)109(100-35-23-30-83-28-18-20-33-94(83)100)89-59-45-80(46-60-89)38-37-79-43-57-88(58-44-79)108(87-55-41-74(11-3)42-56-87)93-32-22-27-75(12-4)69-93;1-5-7(4)6(2)3/h12,18-24,27-36,41-71,77-78H,4,9-11,13-17,25-26,37-40,72-73H2,1-3,5-8H3;5H,1-4H2. The van der Waals surface area contributed by atoms with Crippen LogP contribution in [-0.4, -0.2) is 6.18 Å². The number of fused-ring (bicyclic) bond motifs is 5. The Labute approximate surface area is 709 Å². The van der Waals surface area contributed by atoms with Crippen LogP contribution in [0.25, 0.3) is 38.7 Å². The van der Waals surface area contributed by atoms with Gasteiger partial charge in [0.15, 0.2) is 0 Å². The molecule has 1 aliphatic carbocycles. The van der Waals surface area contributed by atoms with E-state index in [2.05, 4.69) is 317 Å². The van der Waals surface area contributed by atoms with E-state index in [1.165, 1.54) is 116 Å². The molecule has 0 spiro atoms. The van der Waals surface area contributed by atoms with Crippen molar-refractivity contribution in [1.82, 2.24) is 0 Å². The van der Waals surface area contributed by atoms with Gasteiger partial charge in [0.1, 0.15) is 5.41 Å². The van der Waals surface area contributed by atoms with Gasteiger partial charge in [-0.2, -0.15) is 13.2 Å². The molecule has 0 bridgehead atoms. The quantitative estimate of drug-likeness (QED) is 0.0372. The van der Waals surface area contributed by atoms with Gasteiger partial charge in [0.25, 0.3) is 0 Å². The maximum atomic E-state index is 16.4. The zero-order chi connectivity index (χ0) is 82.2. The number of alkyl halides is 3. The Kier molecular flexibility index (Phi) is 30.2. The number of halogens is 3. The van der Waals surface area contributed by atoms with Gasteiger partial charge in [-0.25, -0.2) is 0 Å². The average molecular weight is 1680 g/mol. The highest BCUT2D eigenvalue weighted by atomic mass is 33.0. The van der Waals surface area contributed by atoms with E-state index in [1.807, 2.05) is 54.6 Å². The van der Waals surface area contributed by atoms with Crippen molar-refractivity contribution in [3.63, 3.8) is 0 Å². The molecule has 0 radical (unpaired) electrons. The number of anilines is 9. The van der Waals surface area contributed by atoms with Crippen LogP contribution < -0.4 is 14.7 Å². The Balaban J connectivity index is 0.00000162. The fraction of sp³-hybridized carbons (Fsp3) is 0.269. The zero-order valence-electron chi connectivity index (χ0n) is 69.1. The van der Waals surface area contributed by atoms with E-state index in [0.29, 0.717) is 11.8 Å². The number of unbranched alkanes of at least 4 members (excludes halogenated alkanes) is 2. The topological polar surface area (TPSA) is 9.72 Å². The van der Waals surface area contributed by atoms with Crippen LogP contribution >= 0.6 is 57.6 Å². The van der Waals surface area contributed by atoms with Gasteiger partial charge in [-0.3, -0.25) is 0 Å². The first-order valence-electron chi connectivity index (χ1n) is 42.2. The summed E-state index contributed by atoms with van der Waals surface area (Å²) in [6.07, 6.45) is 15.0. The van der Waals surface area contributed by atoms with Gasteiger partial charge in [-0.15, -0.1) is 35.7 Å². The van der Waals surface area contributed by atoms with Gasteiger partial charge >= 0.3 is 6.18 Å². The summed E-state index contributed by atoms with van der Waals surface area (Å²) in [6.45, 7) is 19.8. The van der Waals surface area contributed by atoms with E-state index < -0.39 is 11.6 Å². The predicted octanol–water partition coefficient (Wildman–Crippen LogP) is 33.7. The fourth-order valence-electron chi connectivity index (χ4n) is 17.6. The normalized spacial score (nSPS) is 14.5. The summed E-state index contributed by atoms with van der Waals surface area (Å²) in [5.74, 6) is 1.32. The van der Waals surface area contributed by atoms with Crippen molar-refractivity contribution in [3.05, 3.63) is 359 Å². The third-order valence-corrected chi connectivity index (χ3v) is 55.1. The molecule has 9 unspecified atom stereocenters. The lowest BCUT2D eigenvalue weighted by Crippen LogP contribution is -2.40. The Hall–Kier alpha value is -7.68. The van der Waals surface area contributed by atoms with E-state index in [0.717, 1.165) is 125 Å². The van der Waals surface area contributed by atoms with E-state index in [1.54, 1.807) is 35.4 Å². The number of rotatable bonds is 34. The van der Waals surface area contributed by atoms with Crippen molar-refractivity contribution in [2.24, 2.45) is 11.8 Å². The Morgan fingerprint density at radius 2 is 0.778 bits per heavy atom. The summed E-state index contributed by atoms with van der Waals surface area (Å²) in [6, 6.07) is 102. The van der Waals surface area contributed by atoms with Crippen molar-refractivity contribution < 1.29 is 13.2 Å². The highest BCUT2D eigenvalue weighted by Gasteiger charge is 2.54. The first-order chi connectivity index (χ1) is 56.8. The Morgan fingerprint density at radius 3 is 1.16 bits per heavy atom. The third kappa shape index (κ3) is 20.0. The molecule has 0 saturated carbocycles. The number of nitrogens with zero attached hydrogens (tertiary/aromatic N) is 3. The van der Waals surface area contributed by atoms with Crippen LogP contribution in [0.15, 0.2) is 298 Å². The van der Waals surface area contributed by atoms with Crippen molar-refractivity contribution >= 4 is 136 Å². The molecule has 13 aromatic rings. The molecule has 0 fully saturated rings. The molecule has 0 aliphatic heterocycles. The summed E-state index contributed by atoms with van der Waals surface area (Å²) in [5, 5.41) is 4.23. The molecule has 0 saturated heterocycles. The van der Waals surface area contributed by atoms with Gasteiger partial charge in [-0.05, 0) is 264 Å². The molecule has 602 valence electrons. The maximum Gasteiger partial charge on any atom is 0.402 e. The fourth-order valence-corrected chi connectivity index (χ4v) is 33.7. The maximum absolute atomic E-state index is 16.4. The van der Waals surface area contributed by atoms with Crippen LogP contribution in [0.5, 0.6) is 0 Å². The summed E-state index contributed by atoms with van der Waals surface area (Å²) in [4.78, 5) is 6.66. The smallest absolute Gasteiger partial charge is 0.310 e. The molecule has 0 N–H and O–H groups in total. The monoisotopic (exact) mass is 1680 g/mol. The second-order valence-electron chi connectivity index (χ2n) is 31.8. The lowest BCUT2D eigenvalue weighted by atomic mass is 9.65. The van der Waals surface area contributed by atoms with E-state index in [-0.39, 0.29) is 30.5 Å². The molecule has 0 heterocycles. The lowest BCUT2D eigenvalue weighted by Gasteiger charge is -2.39. The van der Waals surface area contributed by atoms with Crippen LogP contribution in [0.2, 0.25) is 0 Å². The van der Waals surface area contributed by atoms with Crippen LogP contribution in [0.3, 0.4) is 0 Å². The summed E-state index contributed by atoms with van der Waals surface area (Å²) >= 11 is 0. The summed E-state index contributed by atoms with van der Waals surface area (Å²) in [5.41, 5.74) is 21.2. The third-order valence-electron chi connectivity index (χ3n) is 24.6. The molecule has 13 aromatic carbocycles. The number of aryl methyl sites for hydroxylation is 6. The highest BCUT2D eigenvalue weighted by molar-refractivity contribution is 8.98. The Bertz CT molecular complexity index is 5400. The van der Waals surface area contributed by atoms with Gasteiger partial charge in [0.05, 0.1) is 11.4 Å². The Morgan fingerprint density at radius 1 is 0.410 bits per heavy atom. The summed E-state index contributed by atoms with van der Waals surface area (Å²) < 4.78 is 49.2. The second-order valence-corrected chi connectivity index (χ2v) is 54.0. The molecule has 0 aromatic heterocycles. The first kappa shape index (κ1) is 87.1. The molecule has 14 rings (SSSR count).